The van der Waals surface area contributed by atoms with Crippen molar-refractivity contribution in [3.8, 4) is 0 Å². The van der Waals surface area contributed by atoms with Crippen LogP contribution in [-0.2, 0) is 19.1 Å². The molecule has 0 amide bonds. The van der Waals surface area contributed by atoms with Gasteiger partial charge in [-0.1, -0.05) is 33.2 Å². The van der Waals surface area contributed by atoms with Crippen molar-refractivity contribution in [2.75, 3.05) is 0 Å². The fourth-order valence-electron chi connectivity index (χ4n) is 3.95. The van der Waals surface area contributed by atoms with E-state index in [1.54, 1.807) is 30.3 Å². The van der Waals surface area contributed by atoms with Crippen molar-refractivity contribution in [3.05, 3.63) is 69.8 Å². The maximum atomic E-state index is 12.9. The van der Waals surface area contributed by atoms with E-state index < -0.39 is 29.6 Å². The second-order valence-electron chi connectivity index (χ2n) is 8.45. The maximum absolute atomic E-state index is 12.9. The fourth-order valence-corrected chi connectivity index (χ4v) is 4.22. The molecule has 1 unspecified atom stereocenters. The average molecular weight is 487 g/mol. The van der Waals surface area contributed by atoms with Gasteiger partial charge < -0.3 is 9.47 Å². The zero-order valence-electron chi connectivity index (χ0n) is 18.0. The van der Waals surface area contributed by atoms with Crippen LogP contribution in [0.1, 0.15) is 56.8 Å². The SMILES string of the molecule is CC(C)=CCC/C(C)=C/[C@H]1OC(=O)CC12C[C@H](OC(=O)c1ccc(Br)cc1)C=CC2=O. The van der Waals surface area contributed by atoms with Crippen LogP contribution in [0.5, 0.6) is 0 Å². The fraction of sp³-hybridized carbons (Fsp3) is 0.400. The Bertz CT molecular complexity index is 953. The Balaban J connectivity index is 1.76. The number of halogens is 1. The molecule has 0 bridgehead atoms. The number of ether oxygens (including phenoxy) is 2. The predicted octanol–water partition coefficient (Wildman–Crippen LogP) is 5.50. The highest BCUT2D eigenvalue weighted by atomic mass is 79.9. The third-order valence-corrected chi connectivity index (χ3v) is 6.18. The zero-order chi connectivity index (χ0) is 22.6. The van der Waals surface area contributed by atoms with Crippen LogP contribution < -0.4 is 0 Å². The molecule has 164 valence electrons. The molecule has 2 aliphatic rings. The number of carbonyl (C=O) groups excluding carboxylic acids is 3. The van der Waals surface area contributed by atoms with Gasteiger partial charge in [-0.05, 0) is 76.1 Å². The summed E-state index contributed by atoms with van der Waals surface area (Å²) in [5, 5.41) is 0. The lowest BCUT2D eigenvalue weighted by Crippen LogP contribution is -2.43. The minimum absolute atomic E-state index is 0.00900. The van der Waals surface area contributed by atoms with Crippen LogP contribution in [0.25, 0.3) is 0 Å². The minimum atomic E-state index is -1.03. The van der Waals surface area contributed by atoms with Crippen LogP contribution in [0.2, 0.25) is 0 Å². The first-order chi connectivity index (χ1) is 14.7. The van der Waals surface area contributed by atoms with Crippen molar-refractivity contribution >= 4 is 33.7 Å². The Kier molecular flexibility index (Phi) is 7.31. The molecule has 0 radical (unpaired) electrons. The van der Waals surface area contributed by atoms with Crippen LogP contribution >= 0.6 is 15.9 Å². The highest BCUT2D eigenvalue weighted by Gasteiger charge is 2.55. The van der Waals surface area contributed by atoms with Gasteiger partial charge in [0, 0.05) is 10.9 Å². The molecule has 0 saturated carbocycles. The normalized spacial score (nSPS) is 25.5. The molecular weight excluding hydrogens is 460 g/mol. The Morgan fingerprint density at radius 1 is 1.23 bits per heavy atom. The van der Waals surface area contributed by atoms with Gasteiger partial charge in [-0.3, -0.25) is 9.59 Å². The second kappa shape index (κ2) is 9.77. The predicted molar refractivity (Wildman–Crippen MR) is 121 cm³/mol. The summed E-state index contributed by atoms with van der Waals surface area (Å²) in [6, 6.07) is 6.87. The summed E-state index contributed by atoms with van der Waals surface area (Å²) in [5.41, 5.74) is 1.70. The molecule has 1 fully saturated rings. The number of benzene rings is 1. The van der Waals surface area contributed by atoms with Crippen molar-refractivity contribution in [1.82, 2.24) is 0 Å². The third-order valence-electron chi connectivity index (χ3n) is 5.65. The first-order valence-electron chi connectivity index (χ1n) is 10.4. The second-order valence-corrected chi connectivity index (χ2v) is 9.37. The summed E-state index contributed by atoms with van der Waals surface area (Å²) in [6.07, 6.45) is 7.71. The number of carbonyl (C=O) groups is 3. The van der Waals surface area contributed by atoms with Gasteiger partial charge in [0.15, 0.2) is 5.78 Å². The monoisotopic (exact) mass is 486 g/mol. The Labute approximate surface area is 191 Å². The largest absolute Gasteiger partial charge is 0.457 e. The molecule has 1 aromatic carbocycles. The van der Waals surface area contributed by atoms with Crippen molar-refractivity contribution in [2.45, 2.75) is 58.7 Å². The highest BCUT2D eigenvalue weighted by molar-refractivity contribution is 9.10. The number of ketones is 1. The average Bonchev–Trinajstić information content (AvgIpc) is 3.00. The lowest BCUT2D eigenvalue weighted by atomic mass is 9.69. The maximum Gasteiger partial charge on any atom is 0.338 e. The molecular formula is C25H27BrO5. The third kappa shape index (κ3) is 5.62. The molecule has 0 N–H and O–H groups in total. The Morgan fingerprint density at radius 2 is 1.94 bits per heavy atom. The number of cyclic esters (lactones) is 1. The molecule has 6 heteroatoms. The molecule has 3 atom stereocenters. The van der Waals surface area contributed by atoms with E-state index in [1.165, 1.54) is 11.6 Å². The highest BCUT2D eigenvalue weighted by Crippen LogP contribution is 2.45. The van der Waals surface area contributed by atoms with E-state index in [0.29, 0.717) is 5.56 Å². The van der Waals surface area contributed by atoms with Crippen molar-refractivity contribution in [2.24, 2.45) is 5.41 Å². The van der Waals surface area contributed by atoms with Gasteiger partial charge in [-0.25, -0.2) is 4.79 Å². The molecule has 1 aliphatic carbocycles. The standard InChI is InChI=1S/C25H27BrO5/c1-16(2)5-4-6-17(3)13-22-25(15-23(28)31-22)14-20(11-12-21(25)27)30-24(29)18-7-9-19(26)10-8-18/h5,7-13,20,22H,4,6,14-15H2,1-3H3/b17-13+/t20-,22-,25?/m1/s1. The van der Waals surface area contributed by atoms with E-state index in [-0.39, 0.29) is 18.6 Å². The van der Waals surface area contributed by atoms with Gasteiger partial charge in [-0.2, -0.15) is 0 Å². The van der Waals surface area contributed by atoms with Gasteiger partial charge in [0.05, 0.1) is 17.4 Å². The quantitative estimate of drug-likeness (QED) is 0.392. The summed E-state index contributed by atoms with van der Waals surface area (Å²) in [5.74, 6) is -1.03. The van der Waals surface area contributed by atoms with Gasteiger partial charge in [-0.15, -0.1) is 0 Å². The van der Waals surface area contributed by atoms with E-state index >= 15 is 0 Å². The van der Waals surface area contributed by atoms with Gasteiger partial charge in [0.25, 0.3) is 0 Å². The van der Waals surface area contributed by atoms with Crippen molar-refractivity contribution in [3.63, 3.8) is 0 Å². The minimum Gasteiger partial charge on any atom is -0.457 e. The van der Waals surface area contributed by atoms with E-state index in [1.807, 2.05) is 13.0 Å². The van der Waals surface area contributed by atoms with Gasteiger partial charge in [0.1, 0.15) is 12.2 Å². The summed E-state index contributed by atoms with van der Waals surface area (Å²) in [6.45, 7) is 6.08. The topological polar surface area (TPSA) is 69.7 Å². The van der Waals surface area contributed by atoms with Crippen LogP contribution in [0.15, 0.2) is 64.2 Å². The van der Waals surface area contributed by atoms with Crippen LogP contribution in [-0.4, -0.2) is 29.9 Å². The number of rotatable bonds is 6. The molecule has 1 heterocycles. The van der Waals surface area contributed by atoms with Crippen LogP contribution in [0, 0.1) is 5.41 Å². The molecule has 1 aliphatic heterocycles. The molecule has 1 saturated heterocycles. The van der Waals surface area contributed by atoms with Gasteiger partial charge >= 0.3 is 11.9 Å². The van der Waals surface area contributed by atoms with E-state index in [4.69, 9.17) is 9.47 Å². The van der Waals surface area contributed by atoms with Crippen molar-refractivity contribution in [1.29, 1.82) is 0 Å². The van der Waals surface area contributed by atoms with Crippen LogP contribution in [0.3, 0.4) is 0 Å². The summed E-state index contributed by atoms with van der Waals surface area (Å²) < 4.78 is 12.0. The zero-order valence-corrected chi connectivity index (χ0v) is 19.6. The molecule has 1 spiro atoms. The van der Waals surface area contributed by atoms with Crippen LogP contribution in [0.4, 0.5) is 0 Å². The Morgan fingerprint density at radius 3 is 2.61 bits per heavy atom. The number of allylic oxidation sites excluding steroid dienone is 4. The number of hydrogen-bond acceptors (Lipinski definition) is 5. The lowest BCUT2D eigenvalue weighted by molar-refractivity contribution is -0.140. The summed E-state index contributed by atoms with van der Waals surface area (Å²) in [7, 11) is 0. The lowest BCUT2D eigenvalue weighted by Gasteiger charge is -2.34. The van der Waals surface area contributed by atoms with E-state index in [2.05, 4.69) is 35.9 Å². The molecule has 1 aromatic rings. The first kappa shape index (κ1) is 23.2. The van der Waals surface area contributed by atoms with Gasteiger partial charge in [0.2, 0.25) is 0 Å². The molecule has 0 aromatic heterocycles. The Hall–Kier alpha value is -2.47. The van der Waals surface area contributed by atoms with Crippen molar-refractivity contribution < 1.29 is 23.9 Å². The first-order valence-corrected chi connectivity index (χ1v) is 11.2. The molecule has 5 nitrogen and oxygen atoms in total. The number of esters is 2. The molecule has 3 rings (SSSR count). The number of hydrogen-bond donors (Lipinski definition) is 0. The summed E-state index contributed by atoms with van der Waals surface area (Å²) >= 11 is 3.34. The van der Waals surface area contributed by atoms with E-state index in [0.717, 1.165) is 22.9 Å². The molecule has 31 heavy (non-hydrogen) atoms. The smallest absolute Gasteiger partial charge is 0.338 e. The van der Waals surface area contributed by atoms with E-state index in [9.17, 15) is 14.4 Å². The summed E-state index contributed by atoms with van der Waals surface area (Å²) in [4.78, 5) is 37.6.